The van der Waals surface area contributed by atoms with Crippen LogP contribution in [0.4, 0.5) is 16.2 Å². The van der Waals surface area contributed by atoms with E-state index >= 15 is 0 Å². The molecule has 2 amide bonds. The van der Waals surface area contributed by atoms with Gasteiger partial charge in [0.2, 0.25) is 0 Å². The molecule has 0 aromatic heterocycles. The van der Waals surface area contributed by atoms with Crippen LogP contribution in [0.2, 0.25) is 0 Å². The Hall–Kier alpha value is -2.53. The highest BCUT2D eigenvalue weighted by atomic mass is 16.3. The largest absolute Gasteiger partial charge is 0.387 e. The predicted molar refractivity (Wildman–Crippen MR) is 101 cm³/mol. The molecule has 1 atom stereocenters. The van der Waals surface area contributed by atoms with Crippen LogP contribution in [0, 0.1) is 13.8 Å². The summed E-state index contributed by atoms with van der Waals surface area (Å²) in [5.41, 5.74) is 6.25. The number of hydrogen-bond donors (Lipinski definition) is 3. The van der Waals surface area contributed by atoms with Crippen molar-refractivity contribution in [1.29, 1.82) is 0 Å². The normalized spacial score (nSPS) is 14.2. The Morgan fingerprint density at radius 1 is 1.20 bits per heavy atom. The van der Waals surface area contributed by atoms with Crippen molar-refractivity contribution < 1.29 is 9.90 Å². The fourth-order valence-electron chi connectivity index (χ4n) is 3.32. The second kappa shape index (κ2) is 7.15. The average Bonchev–Trinajstić information content (AvgIpc) is 2.92. The number of nitrogens with one attached hydrogen (secondary N) is 2. The summed E-state index contributed by atoms with van der Waals surface area (Å²) in [7, 11) is 2.07. The molecule has 1 heterocycles. The highest BCUT2D eigenvalue weighted by Gasteiger charge is 2.18. The molecule has 1 aliphatic heterocycles. The van der Waals surface area contributed by atoms with Gasteiger partial charge in [-0.1, -0.05) is 18.2 Å². The van der Waals surface area contributed by atoms with E-state index in [1.165, 1.54) is 11.3 Å². The van der Waals surface area contributed by atoms with Crippen molar-refractivity contribution in [3.8, 4) is 0 Å². The van der Waals surface area contributed by atoms with Gasteiger partial charge in [0.1, 0.15) is 0 Å². The van der Waals surface area contributed by atoms with Gasteiger partial charge in [0.15, 0.2) is 0 Å². The summed E-state index contributed by atoms with van der Waals surface area (Å²) in [4.78, 5) is 14.3. The quantitative estimate of drug-likeness (QED) is 0.802. The number of anilines is 2. The van der Waals surface area contributed by atoms with Crippen LogP contribution in [0.3, 0.4) is 0 Å². The van der Waals surface area contributed by atoms with E-state index in [1.807, 2.05) is 44.2 Å². The highest BCUT2D eigenvalue weighted by molar-refractivity contribution is 5.89. The number of likely N-dealkylation sites (N-methyl/N-ethyl adjacent to an activating group) is 1. The van der Waals surface area contributed by atoms with E-state index in [2.05, 4.69) is 28.6 Å². The molecular formula is C20H25N3O2. The fourth-order valence-corrected chi connectivity index (χ4v) is 3.32. The summed E-state index contributed by atoms with van der Waals surface area (Å²) in [6.07, 6.45) is 0.272. The lowest BCUT2D eigenvalue weighted by Crippen LogP contribution is -2.32. The second-order valence-corrected chi connectivity index (χ2v) is 6.79. The van der Waals surface area contributed by atoms with Gasteiger partial charge in [-0.25, -0.2) is 4.79 Å². The first-order valence-electron chi connectivity index (χ1n) is 8.57. The number of nitrogens with zero attached hydrogens (tertiary/aromatic N) is 1. The number of hydrogen-bond acceptors (Lipinski definition) is 3. The van der Waals surface area contributed by atoms with Crippen LogP contribution in [-0.2, 0) is 6.42 Å². The van der Waals surface area contributed by atoms with Gasteiger partial charge in [-0.15, -0.1) is 0 Å². The van der Waals surface area contributed by atoms with E-state index in [0.29, 0.717) is 0 Å². The van der Waals surface area contributed by atoms with Crippen LogP contribution in [0.5, 0.6) is 0 Å². The van der Waals surface area contributed by atoms with Crippen molar-refractivity contribution in [2.45, 2.75) is 26.4 Å². The summed E-state index contributed by atoms with van der Waals surface area (Å²) < 4.78 is 0. The first-order valence-corrected chi connectivity index (χ1v) is 8.57. The van der Waals surface area contributed by atoms with E-state index in [4.69, 9.17) is 0 Å². The summed E-state index contributed by atoms with van der Waals surface area (Å²) in [5.74, 6) is 0. The number of aryl methyl sites for hydroxylation is 2. The number of fused-ring (bicyclic) bond motifs is 1. The lowest BCUT2D eigenvalue weighted by atomic mass is 10.0. The van der Waals surface area contributed by atoms with Crippen molar-refractivity contribution in [3.05, 3.63) is 58.7 Å². The number of rotatable bonds is 4. The van der Waals surface area contributed by atoms with E-state index in [-0.39, 0.29) is 12.6 Å². The third-order valence-corrected chi connectivity index (χ3v) is 4.55. The SMILES string of the molecule is Cc1cc(C)cc(NC(=O)NCC(O)c2ccc3c(c2)CCN3C)c1. The van der Waals surface area contributed by atoms with Gasteiger partial charge >= 0.3 is 6.03 Å². The van der Waals surface area contributed by atoms with Gasteiger partial charge in [0.25, 0.3) is 0 Å². The lowest BCUT2D eigenvalue weighted by molar-refractivity contribution is 0.175. The van der Waals surface area contributed by atoms with Crippen LogP contribution in [0.15, 0.2) is 36.4 Å². The number of aliphatic hydroxyl groups excluding tert-OH is 1. The summed E-state index contributed by atoms with van der Waals surface area (Å²) >= 11 is 0. The number of carbonyl (C=O) groups is 1. The van der Waals surface area contributed by atoms with Gasteiger partial charge in [-0.2, -0.15) is 0 Å². The molecule has 25 heavy (non-hydrogen) atoms. The monoisotopic (exact) mass is 339 g/mol. The van der Waals surface area contributed by atoms with Crippen LogP contribution < -0.4 is 15.5 Å². The second-order valence-electron chi connectivity index (χ2n) is 6.79. The zero-order chi connectivity index (χ0) is 18.0. The number of carbonyl (C=O) groups excluding carboxylic acids is 1. The maximum atomic E-state index is 12.1. The molecule has 1 unspecified atom stereocenters. The van der Waals surface area contributed by atoms with Crippen LogP contribution in [0.1, 0.15) is 28.4 Å². The van der Waals surface area contributed by atoms with E-state index in [1.54, 1.807) is 0 Å². The zero-order valence-corrected chi connectivity index (χ0v) is 15.0. The average molecular weight is 339 g/mol. The molecule has 0 spiro atoms. The van der Waals surface area contributed by atoms with Crippen LogP contribution >= 0.6 is 0 Å². The minimum absolute atomic E-state index is 0.172. The minimum atomic E-state index is -0.721. The molecule has 0 fully saturated rings. The third kappa shape index (κ3) is 4.12. The van der Waals surface area contributed by atoms with Crippen LogP contribution in [-0.4, -0.2) is 31.3 Å². The summed E-state index contributed by atoms with van der Waals surface area (Å²) in [5, 5.41) is 15.9. The van der Waals surface area contributed by atoms with Crippen molar-refractivity contribution in [2.75, 3.05) is 30.4 Å². The standard InChI is InChI=1S/C20H25N3O2/c1-13-8-14(2)10-17(9-13)22-20(25)21-12-19(24)16-4-5-18-15(11-16)6-7-23(18)3/h4-5,8-11,19,24H,6-7,12H2,1-3H3,(H2,21,22,25). The van der Waals surface area contributed by atoms with Crippen molar-refractivity contribution in [2.24, 2.45) is 0 Å². The molecule has 1 aliphatic rings. The molecule has 0 bridgehead atoms. The first-order chi connectivity index (χ1) is 11.9. The zero-order valence-electron chi connectivity index (χ0n) is 15.0. The summed E-state index contributed by atoms with van der Waals surface area (Å²) in [6.45, 7) is 5.16. The Labute approximate surface area is 148 Å². The topological polar surface area (TPSA) is 64.6 Å². The van der Waals surface area contributed by atoms with Crippen molar-refractivity contribution in [1.82, 2.24) is 5.32 Å². The lowest BCUT2D eigenvalue weighted by Gasteiger charge is -2.16. The van der Waals surface area contributed by atoms with E-state index in [9.17, 15) is 9.90 Å². The molecule has 2 aromatic rings. The molecular weight excluding hydrogens is 314 g/mol. The molecule has 132 valence electrons. The smallest absolute Gasteiger partial charge is 0.319 e. The minimum Gasteiger partial charge on any atom is -0.387 e. The molecule has 5 heteroatoms. The van der Waals surface area contributed by atoms with E-state index in [0.717, 1.165) is 35.3 Å². The Morgan fingerprint density at radius 3 is 2.64 bits per heavy atom. The Kier molecular flexibility index (Phi) is 4.95. The van der Waals surface area contributed by atoms with Gasteiger partial charge in [0.05, 0.1) is 6.10 Å². The fraction of sp³-hybridized carbons (Fsp3) is 0.350. The van der Waals surface area contributed by atoms with Crippen molar-refractivity contribution in [3.63, 3.8) is 0 Å². The number of amides is 2. The molecule has 3 rings (SSSR count). The van der Waals surface area contributed by atoms with Gasteiger partial charge < -0.3 is 20.6 Å². The van der Waals surface area contributed by atoms with Gasteiger partial charge in [-0.3, -0.25) is 0 Å². The van der Waals surface area contributed by atoms with Crippen LogP contribution in [0.25, 0.3) is 0 Å². The van der Waals surface area contributed by atoms with Gasteiger partial charge in [0, 0.05) is 31.5 Å². The molecule has 0 radical (unpaired) electrons. The first kappa shape index (κ1) is 17.3. The maximum Gasteiger partial charge on any atom is 0.319 e. The number of aliphatic hydroxyl groups is 1. The number of urea groups is 1. The molecule has 0 aliphatic carbocycles. The number of benzene rings is 2. The maximum absolute atomic E-state index is 12.1. The molecule has 2 aromatic carbocycles. The Balaban J connectivity index is 1.57. The molecule has 0 saturated heterocycles. The third-order valence-electron chi connectivity index (χ3n) is 4.55. The summed E-state index contributed by atoms with van der Waals surface area (Å²) in [6, 6.07) is 11.6. The Bertz CT molecular complexity index is 768. The van der Waals surface area contributed by atoms with E-state index < -0.39 is 6.10 Å². The van der Waals surface area contributed by atoms with Gasteiger partial charge in [-0.05, 0) is 60.7 Å². The predicted octanol–water partition coefficient (Wildman–Crippen LogP) is 3.15. The molecule has 0 saturated carbocycles. The molecule has 5 nitrogen and oxygen atoms in total. The Morgan fingerprint density at radius 2 is 1.92 bits per heavy atom. The van der Waals surface area contributed by atoms with Crippen molar-refractivity contribution >= 4 is 17.4 Å². The highest BCUT2D eigenvalue weighted by Crippen LogP contribution is 2.29. The molecule has 3 N–H and O–H groups in total.